The smallest absolute Gasteiger partial charge is 0.239 e. The Kier molecular flexibility index (Phi) is 4.97. The Labute approximate surface area is 125 Å². The summed E-state index contributed by atoms with van der Waals surface area (Å²) >= 11 is 0. The van der Waals surface area contributed by atoms with Gasteiger partial charge in [0.25, 0.3) is 0 Å². The summed E-state index contributed by atoms with van der Waals surface area (Å²) in [5.74, 6) is -0.119. The van der Waals surface area contributed by atoms with Gasteiger partial charge in [0.15, 0.2) is 0 Å². The monoisotopic (exact) mass is 311 g/mol. The standard InChI is InChI=1S/C14H21N3O3S/c1-21(19,20)17-9-7-16(8-10-17)14(18)13(15)11-12-5-3-2-4-6-12/h2-6,13H,7-11,15H2,1H3/t13-/m1/s1. The average molecular weight is 311 g/mol. The largest absolute Gasteiger partial charge is 0.339 e. The van der Waals surface area contributed by atoms with Crippen molar-refractivity contribution in [1.82, 2.24) is 9.21 Å². The van der Waals surface area contributed by atoms with Crippen LogP contribution in [0.1, 0.15) is 5.56 Å². The first-order chi connectivity index (χ1) is 9.88. The molecule has 1 heterocycles. The summed E-state index contributed by atoms with van der Waals surface area (Å²) in [6, 6.07) is 9.04. The van der Waals surface area contributed by atoms with Crippen LogP contribution in [0.2, 0.25) is 0 Å². The molecule has 1 amide bonds. The summed E-state index contributed by atoms with van der Waals surface area (Å²) in [4.78, 5) is 13.9. The van der Waals surface area contributed by atoms with E-state index in [1.165, 1.54) is 10.6 Å². The van der Waals surface area contributed by atoms with E-state index in [1.54, 1.807) is 4.90 Å². The van der Waals surface area contributed by atoms with Gasteiger partial charge in [-0.2, -0.15) is 4.31 Å². The molecule has 1 saturated heterocycles. The molecule has 0 spiro atoms. The zero-order valence-electron chi connectivity index (χ0n) is 12.1. The van der Waals surface area contributed by atoms with Crippen molar-refractivity contribution in [2.45, 2.75) is 12.5 Å². The van der Waals surface area contributed by atoms with Gasteiger partial charge >= 0.3 is 0 Å². The third-order valence-corrected chi connectivity index (χ3v) is 4.94. The molecular formula is C14H21N3O3S. The summed E-state index contributed by atoms with van der Waals surface area (Å²) in [6.07, 6.45) is 1.68. The van der Waals surface area contributed by atoms with E-state index < -0.39 is 16.1 Å². The van der Waals surface area contributed by atoms with Gasteiger partial charge in [-0.1, -0.05) is 30.3 Å². The van der Waals surface area contributed by atoms with Crippen molar-refractivity contribution in [3.05, 3.63) is 35.9 Å². The fourth-order valence-electron chi connectivity index (χ4n) is 2.43. The van der Waals surface area contributed by atoms with Crippen molar-refractivity contribution in [2.75, 3.05) is 32.4 Å². The Hall–Kier alpha value is -1.44. The predicted molar refractivity (Wildman–Crippen MR) is 81.1 cm³/mol. The zero-order chi connectivity index (χ0) is 15.5. The van der Waals surface area contributed by atoms with E-state index in [0.29, 0.717) is 32.6 Å². The second kappa shape index (κ2) is 6.55. The molecule has 0 aliphatic carbocycles. The SMILES string of the molecule is CS(=O)(=O)N1CCN(C(=O)[C@H](N)Cc2ccccc2)CC1. The molecule has 6 nitrogen and oxygen atoms in total. The number of carbonyl (C=O) groups excluding carboxylic acids is 1. The molecule has 1 aliphatic heterocycles. The lowest BCUT2D eigenvalue weighted by Crippen LogP contribution is -2.54. The molecule has 1 aromatic carbocycles. The second-order valence-corrected chi connectivity index (χ2v) is 7.27. The van der Waals surface area contributed by atoms with Crippen LogP contribution < -0.4 is 5.73 Å². The van der Waals surface area contributed by atoms with Gasteiger partial charge in [0.1, 0.15) is 0 Å². The van der Waals surface area contributed by atoms with Gasteiger partial charge in [0.05, 0.1) is 12.3 Å². The fraction of sp³-hybridized carbons (Fsp3) is 0.500. The van der Waals surface area contributed by atoms with E-state index in [2.05, 4.69) is 0 Å². The summed E-state index contributed by atoms with van der Waals surface area (Å²) in [5.41, 5.74) is 7.00. The van der Waals surface area contributed by atoms with Crippen molar-refractivity contribution in [3.63, 3.8) is 0 Å². The molecule has 1 fully saturated rings. The normalized spacial score (nSPS) is 18.5. The number of hydrogen-bond acceptors (Lipinski definition) is 4. The Balaban J connectivity index is 1.90. The van der Waals surface area contributed by atoms with Gasteiger partial charge < -0.3 is 10.6 Å². The summed E-state index contributed by atoms with van der Waals surface area (Å²) in [7, 11) is -3.18. The molecule has 7 heteroatoms. The van der Waals surface area contributed by atoms with Gasteiger partial charge in [-0.15, -0.1) is 0 Å². The minimum Gasteiger partial charge on any atom is -0.339 e. The highest BCUT2D eigenvalue weighted by molar-refractivity contribution is 7.88. The van der Waals surface area contributed by atoms with E-state index >= 15 is 0 Å². The fourth-order valence-corrected chi connectivity index (χ4v) is 3.26. The Morgan fingerprint density at radius 2 is 1.76 bits per heavy atom. The van der Waals surface area contributed by atoms with Crippen LogP contribution >= 0.6 is 0 Å². The number of hydrogen-bond donors (Lipinski definition) is 1. The number of sulfonamides is 1. The number of benzene rings is 1. The molecule has 0 saturated carbocycles. The molecule has 0 bridgehead atoms. The van der Waals surface area contributed by atoms with E-state index in [9.17, 15) is 13.2 Å². The maximum absolute atomic E-state index is 12.3. The maximum atomic E-state index is 12.3. The first-order valence-corrected chi connectivity index (χ1v) is 8.76. The van der Waals surface area contributed by atoms with Gasteiger partial charge in [0.2, 0.25) is 15.9 Å². The topological polar surface area (TPSA) is 83.7 Å². The number of amides is 1. The summed E-state index contributed by atoms with van der Waals surface area (Å²) < 4.78 is 24.3. The molecule has 2 rings (SSSR count). The molecule has 0 aromatic heterocycles. The van der Waals surface area contributed by atoms with Crippen LogP contribution in [0, 0.1) is 0 Å². The van der Waals surface area contributed by atoms with Gasteiger partial charge in [-0.3, -0.25) is 4.79 Å². The summed E-state index contributed by atoms with van der Waals surface area (Å²) in [5, 5.41) is 0. The van der Waals surface area contributed by atoms with Crippen molar-refractivity contribution >= 4 is 15.9 Å². The second-order valence-electron chi connectivity index (χ2n) is 5.28. The lowest BCUT2D eigenvalue weighted by molar-refractivity contribution is -0.133. The number of carbonyl (C=O) groups is 1. The molecule has 2 N–H and O–H groups in total. The van der Waals surface area contributed by atoms with Crippen molar-refractivity contribution in [3.8, 4) is 0 Å². The van der Waals surface area contributed by atoms with Crippen LogP contribution in [0.3, 0.4) is 0 Å². The maximum Gasteiger partial charge on any atom is 0.239 e. The zero-order valence-corrected chi connectivity index (χ0v) is 12.9. The third-order valence-electron chi connectivity index (χ3n) is 3.63. The van der Waals surface area contributed by atoms with Gasteiger partial charge in [-0.25, -0.2) is 8.42 Å². The van der Waals surface area contributed by atoms with Gasteiger partial charge in [-0.05, 0) is 12.0 Å². The molecule has 1 atom stereocenters. The van der Waals surface area contributed by atoms with E-state index in [1.807, 2.05) is 30.3 Å². The third kappa shape index (κ3) is 4.26. The molecule has 21 heavy (non-hydrogen) atoms. The Morgan fingerprint density at radius 1 is 1.19 bits per heavy atom. The predicted octanol–water partition coefficient (Wildman–Crippen LogP) is -0.340. The highest BCUT2D eigenvalue weighted by Gasteiger charge is 2.28. The van der Waals surface area contributed by atoms with Crippen molar-refractivity contribution in [2.24, 2.45) is 5.73 Å². The molecular weight excluding hydrogens is 290 g/mol. The molecule has 0 unspecified atom stereocenters. The Morgan fingerprint density at radius 3 is 2.29 bits per heavy atom. The van der Waals surface area contributed by atoms with E-state index in [-0.39, 0.29) is 5.91 Å². The first-order valence-electron chi connectivity index (χ1n) is 6.91. The van der Waals surface area contributed by atoms with Crippen LogP contribution in [-0.4, -0.2) is 62.0 Å². The van der Waals surface area contributed by atoms with Crippen molar-refractivity contribution in [1.29, 1.82) is 0 Å². The van der Waals surface area contributed by atoms with E-state index in [0.717, 1.165) is 5.56 Å². The minimum atomic E-state index is -3.18. The number of rotatable bonds is 4. The highest BCUT2D eigenvalue weighted by atomic mass is 32.2. The Bertz CT molecular complexity index is 581. The highest BCUT2D eigenvalue weighted by Crippen LogP contribution is 2.09. The average Bonchev–Trinajstić information content (AvgIpc) is 2.46. The number of nitrogens with zero attached hydrogens (tertiary/aromatic N) is 2. The van der Waals surface area contributed by atoms with Crippen molar-refractivity contribution < 1.29 is 13.2 Å². The van der Waals surface area contributed by atoms with Crippen LogP contribution in [0.4, 0.5) is 0 Å². The molecule has 116 valence electrons. The molecule has 1 aromatic rings. The van der Waals surface area contributed by atoms with Crippen LogP contribution in [-0.2, 0) is 21.2 Å². The molecule has 0 radical (unpaired) electrons. The van der Waals surface area contributed by atoms with Gasteiger partial charge in [0, 0.05) is 26.2 Å². The van der Waals surface area contributed by atoms with Crippen LogP contribution in [0.5, 0.6) is 0 Å². The van der Waals surface area contributed by atoms with Crippen LogP contribution in [0.15, 0.2) is 30.3 Å². The minimum absolute atomic E-state index is 0.119. The first kappa shape index (κ1) is 15.9. The van der Waals surface area contributed by atoms with E-state index in [4.69, 9.17) is 5.73 Å². The number of nitrogens with two attached hydrogens (primary N) is 1. The van der Waals surface area contributed by atoms with Crippen LogP contribution in [0.25, 0.3) is 0 Å². The lowest BCUT2D eigenvalue weighted by atomic mass is 10.1. The lowest BCUT2D eigenvalue weighted by Gasteiger charge is -2.34. The summed E-state index contributed by atoms with van der Waals surface area (Å²) in [6.45, 7) is 1.47. The molecule has 1 aliphatic rings. The number of piperazine rings is 1. The quantitative estimate of drug-likeness (QED) is 0.824.